The first-order valence-corrected chi connectivity index (χ1v) is 12.2. The van der Waals surface area contributed by atoms with E-state index in [0.29, 0.717) is 5.56 Å². The van der Waals surface area contributed by atoms with Crippen LogP contribution >= 0.6 is 0 Å². The van der Waals surface area contributed by atoms with E-state index in [9.17, 15) is 9.59 Å². The van der Waals surface area contributed by atoms with E-state index in [1.54, 1.807) is 29.8 Å². The molecule has 6 nitrogen and oxygen atoms in total. The van der Waals surface area contributed by atoms with Crippen LogP contribution < -0.4 is 5.32 Å². The summed E-state index contributed by atoms with van der Waals surface area (Å²) in [6, 6.07) is 27.2. The molecule has 4 aromatic rings. The highest BCUT2D eigenvalue weighted by Crippen LogP contribution is 2.27. The van der Waals surface area contributed by atoms with Crippen LogP contribution in [0.25, 0.3) is 16.9 Å². The average Bonchev–Trinajstić information content (AvgIpc) is 3.34. The van der Waals surface area contributed by atoms with Gasteiger partial charge in [0.15, 0.2) is 5.69 Å². The van der Waals surface area contributed by atoms with Crippen molar-refractivity contribution in [1.29, 1.82) is 0 Å². The van der Waals surface area contributed by atoms with Gasteiger partial charge < -0.3 is 10.1 Å². The summed E-state index contributed by atoms with van der Waals surface area (Å²) in [5, 5.41) is 7.61. The number of hydrogen-bond acceptors (Lipinski definition) is 4. The maximum absolute atomic E-state index is 12.8. The van der Waals surface area contributed by atoms with Gasteiger partial charge in [-0.15, -0.1) is 0 Å². The fourth-order valence-electron chi connectivity index (χ4n) is 4.10. The van der Waals surface area contributed by atoms with Gasteiger partial charge in [0, 0.05) is 17.2 Å². The lowest BCUT2D eigenvalue weighted by Crippen LogP contribution is -2.32. The normalized spacial score (nSPS) is 11.6. The molecule has 184 valence electrons. The summed E-state index contributed by atoms with van der Waals surface area (Å²) in [5.41, 5.74) is 5.63. The van der Waals surface area contributed by atoms with E-state index in [1.807, 2.05) is 68.4 Å². The smallest absolute Gasteiger partial charge is 0.358 e. The molecule has 0 unspecified atom stereocenters. The molecule has 3 aromatic carbocycles. The van der Waals surface area contributed by atoms with Crippen molar-refractivity contribution < 1.29 is 14.3 Å². The van der Waals surface area contributed by atoms with Crippen LogP contribution in [0.5, 0.6) is 0 Å². The molecule has 0 saturated heterocycles. The molecule has 1 aromatic heterocycles. The van der Waals surface area contributed by atoms with E-state index < -0.39 is 5.97 Å². The topological polar surface area (TPSA) is 73.2 Å². The number of esters is 1. The molecule has 1 amide bonds. The lowest BCUT2D eigenvalue weighted by atomic mass is 10.1. The molecule has 0 bridgehead atoms. The van der Waals surface area contributed by atoms with Crippen LogP contribution in [0.4, 0.5) is 0 Å². The molecule has 4 rings (SSSR count). The molecule has 0 aliphatic rings. The summed E-state index contributed by atoms with van der Waals surface area (Å²) in [6.07, 6.45) is 1.77. The SMILES string of the molecule is CCOC(=O)c1cc(-c2ccccc2C)n(-c2ccc(C(=O)N[C@H](C)CCc3ccccc3)cc2)n1. The van der Waals surface area contributed by atoms with Gasteiger partial charge in [-0.2, -0.15) is 5.10 Å². The van der Waals surface area contributed by atoms with Crippen LogP contribution in [-0.4, -0.2) is 34.3 Å². The zero-order valence-electron chi connectivity index (χ0n) is 20.9. The van der Waals surface area contributed by atoms with Crippen LogP contribution in [0.15, 0.2) is 84.9 Å². The number of carbonyl (C=O) groups excluding carboxylic acids is 2. The first-order valence-electron chi connectivity index (χ1n) is 12.2. The highest BCUT2D eigenvalue weighted by molar-refractivity contribution is 5.94. The first kappa shape index (κ1) is 24.9. The fraction of sp³-hybridized carbons (Fsp3) is 0.233. The lowest BCUT2D eigenvalue weighted by Gasteiger charge is -2.14. The molecule has 0 fully saturated rings. The van der Waals surface area contributed by atoms with Gasteiger partial charge in [-0.25, -0.2) is 9.48 Å². The largest absolute Gasteiger partial charge is 0.461 e. The van der Waals surface area contributed by atoms with Crippen molar-refractivity contribution in [1.82, 2.24) is 15.1 Å². The van der Waals surface area contributed by atoms with E-state index in [2.05, 4.69) is 22.5 Å². The van der Waals surface area contributed by atoms with E-state index >= 15 is 0 Å². The Balaban J connectivity index is 1.52. The number of benzene rings is 3. The Morgan fingerprint density at radius 3 is 2.36 bits per heavy atom. The number of ether oxygens (including phenoxy) is 1. The number of carbonyl (C=O) groups is 2. The zero-order chi connectivity index (χ0) is 25.5. The molecule has 1 atom stereocenters. The number of nitrogens with zero attached hydrogens (tertiary/aromatic N) is 2. The molecular formula is C30H31N3O3. The summed E-state index contributed by atoms with van der Waals surface area (Å²) >= 11 is 0. The van der Waals surface area contributed by atoms with Crippen molar-refractivity contribution in [3.8, 4) is 16.9 Å². The van der Waals surface area contributed by atoms with Gasteiger partial charge in [0.05, 0.1) is 18.0 Å². The van der Waals surface area contributed by atoms with Gasteiger partial charge in [-0.05, 0) is 75.1 Å². The molecule has 1 N–H and O–H groups in total. The minimum absolute atomic E-state index is 0.0447. The maximum Gasteiger partial charge on any atom is 0.358 e. The maximum atomic E-state index is 12.8. The standard InChI is InChI=1S/C30H31N3O3/c1-4-36-30(35)27-20-28(26-13-9-8-10-21(26)2)33(32-27)25-18-16-24(17-19-25)29(34)31-22(3)14-15-23-11-6-5-7-12-23/h5-13,16-20,22H,4,14-15H2,1-3H3,(H,31,34)/t22-/m1/s1. The van der Waals surface area contributed by atoms with Crippen LogP contribution in [-0.2, 0) is 11.2 Å². The van der Waals surface area contributed by atoms with Gasteiger partial charge in [0.25, 0.3) is 5.91 Å². The van der Waals surface area contributed by atoms with Crippen LogP contribution in [0, 0.1) is 6.92 Å². The Morgan fingerprint density at radius 1 is 0.972 bits per heavy atom. The van der Waals surface area contributed by atoms with Gasteiger partial charge >= 0.3 is 5.97 Å². The molecule has 0 spiro atoms. The molecule has 0 saturated carbocycles. The summed E-state index contributed by atoms with van der Waals surface area (Å²) in [6.45, 7) is 6.08. The first-order chi connectivity index (χ1) is 17.5. The third-order valence-electron chi connectivity index (χ3n) is 6.08. The molecule has 0 aliphatic heterocycles. The Labute approximate surface area is 211 Å². The van der Waals surface area contributed by atoms with E-state index in [1.165, 1.54) is 5.56 Å². The van der Waals surface area contributed by atoms with Gasteiger partial charge in [0.1, 0.15) is 0 Å². The Morgan fingerprint density at radius 2 is 1.67 bits per heavy atom. The van der Waals surface area contributed by atoms with Crippen LogP contribution in [0.2, 0.25) is 0 Å². The zero-order valence-corrected chi connectivity index (χ0v) is 20.9. The monoisotopic (exact) mass is 481 g/mol. The summed E-state index contributed by atoms with van der Waals surface area (Å²) < 4.78 is 6.89. The second-order valence-corrected chi connectivity index (χ2v) is 8.81. The minimum atomic E-state index is -0.466. The average molecular weight is 482 g/mol. The van der Waals surface area contributed by atoms with E-state index in [0.717, 1.165) is 35.3 Å². The van der Waals surface area contributed by atoms with Crippen molar-refractivity contribution in [3.05, 3.63) is 107 Å². The quantitative estimate of drug-likeness (QED) is 0.308. The number of rotatable bonds is 9. The number of aromatic nitrogens is 2. The predicted octanol–water partition coefficient (Wildman–Crippen LogP) is 5.78. The van der Waals surface area contributed by atoms with E-state index in [4.69, 9.17) is 4.74 Å². The lowest BCUT2D eigenvalue weighted by molar-refractivity contribution is 0.0518. The molecule has 6 heteroatoms. The predicted molar refractivity (Wildman–Crippen MR) is 141 cm³/mol. The number of aryl methyl sites for hydroxylation is 2. The van der Waals surface area contributed by atoms with Gasteiger partial charge in [-0.3, -0.25) is 4.79 Å². The van der Waals surface area contributed by atoms with Crippen molar-refractivity contribution >= 4 is 11.9 Å². The number of nitrogens with one attached hydrogen (secondary N) is 1. The minimum Gasteiger partial charge on any atom is -0.461 e. The number of amides is 1. The second kappa shape index (κ2) is 11.5. The van der Waals surface area contributed by atoms with Gasteiger partial charge in [-0.1, -0.05) is 54.6 Å². The van der Waals surface area contributed by atoms with Crippen molar-refractivity contribution in [2.24, 2.45) is 0 Å². The Hall–Kier alpha value is -4.19. The fourth-order valence-corrected chi connectivity index (χ4v) is 4.10. The third-order valence-corrected chi connectivity index (χ3v) is 6.08. The Kier molecular flexibility index (Phi) is 7.95. The highest BCUT2D eigenvalue weighted by Gasteiger charge is 2.19. The van der Waals surface area contributed by atoms with Crippen LogP contribution in [0.1, 0.15) is 52.2 Å². The van der Waals surface area contributed by atoms with Gasteiger partial charge in [0.2, 0.25) is 0 Å². The molecule has 1 heterocycles. The molecule has 36 heavy (non-hydrogen) atoms. The van der Waals surface area contributed by atoms with Crippen molar-refractivity contribution in [2.45, 2.75) is 39.7 Å². The Bertz CT molecular complexity index is 1330. The van der Waals surface area contributed by atoms with Crippen LogP contribution in [0.3, 0.4) is 0 Å². The van der Waals surface area contributed by atoms with Crippen molar-refractivity contribution in [3.63, 3.8) is 0 Å². The molecule has 0 aliphatic carbocycles. The second-order valence-electron chi connectivity index (χ2n) is 8.81. The number of hydrogen-bond donors (Lipinski definition) is 1. The molecule has 0 radical (unpaired) electrons. The summed E-state index contributed by atoms with van der Waals surface area (Å²) in [4.78, 5) is 25.2. The summed E-state index contributed by atoms with van der Waals surface area (Å²) in [5.74, 6) is -0.583. The highest BCUT2D eigenvalue weighted by atomic mass is 16.5. The van der Waals surface area contributed by atoms with E-state index in [-0.39, 0.29) is 24.2 Å². The molecular weight excluding hydrogens is 450 g/mol. The summed E-state index contributed by atoms with van der Waals surface area (Å²) in [7, 11) is 0. The third kappa shape index (κ3) is 5.89. The van der Waals surface area contributed by atoms with Crippen molar-refractivity contribution in [2.75, 3.05) is 6.61 Å².